The standard InChI is InChI=1S/AsH3O4.3FH/c2-1(3,4)5;;;/h(H3,2,3,4,5);3*1H/p-3. The smallest absolute Gasteiger partial charge is 1.00 e. The van der Waals surface area contributed by atoms with Gasteiger partial charge in [0.1, 0.15) is 0 Å². The Morgan fingerprint density at radius 3 is 0.875 bits per heavy atom. The van der Waals surface area contributed by atoms with Crippen LogP contribution in [0.15, 0.2) is 0 Å². The predicted octanol–water partition coefficient (Wildman–Crippen LogP) is -11.2. The monoisotopic (exact) mass is 199 g/mol. The molecule has 0 saturated carbocycles. The first kappa shape index (κ1) is 24.4. The van der Waals surface area contributed by atoms with Crippen LogP contribution in [0.3, 0.4) is 0 Å². The fourth-order valence-corrected chi connectivity index (χ4v) is 0. The van der Waals surface area contributed by atoms with Crippen LogP contribution in [0.1, 0.15) is 0 Å². The van der Waals surface area contributed by atoms with Gasteiger partial charge in [-0.1, -0.05) is 0 Å². The molecule has 0 aromatic heterocycles. The Balaban J connectivity index is -0.0000000267. The van der Waals surface area contributed by atoms with Crippen LogP contribution in [-0.4, -0.2) is 26.8 Å². The molecule has 4 nitrogen and oxygen atoms in total. The maximum atomic E-state index is 8.94. The summed E-state index contributed by atoms with van der Waals surface area (Å²) in [4.78, 5) is 0. The van der Waals surface area contributed by atoms with Crippen molar-refractivity contribution in [2.45, 2.75) is 0 Å². The van der Waals surface area contributed by atoms with Gasteiger partial charge in [-0.15, -0.1) is 0 Å². The number of halogens is 3. The van der Waals surface area contributed by atoms with E-state index in [1.807, 2.05) is 0 Å². The van der Waals surface area contributed by atoms with E-state index < -0.39 is 14.5 Å². The topological polar surface area (TPSA) is 77.8 Å². The Morgan fingerprint density at radius 2 is 0.875 bits per heavy atom. The van der Waals surface area contributed by atoms with Gasteiger partial charge in [0.2, 0.25) is 0 Å². The molecule has 0 aliphatic heterocycles. The SMILES string of the molecule is O=[As](O)(O)O.[F-].[F-].[F-]. The Morgan fingerprint density at radius 1 is 0.875 bits per heavy atom. The van der Waals surface area contributed by atoms with Crippen LogP contribution < -0.4 is 14.1 Å². The summed E-state index contributed by atoms with van der Waals surface area (Å²) in [7, 11) is 0. The van der Waals surface area contributed by atoms with Crippen LogP contribution in [0.2, 0.25) is 0 Å². The fraction of sp³-hybridized carbons (Fsp3) is 0. The van der Waals surface area contributed by atoms with E-state index in [0.717, 1.165) is 0 Å². The summed E-state index contributed by atoms with van der Waals surface area (Å²) in [5.41, 5.74) is 0. The van der Waals surface area contributed by atoms with Crippen molar-refractivity contribution in [2.24, 2.45) is 0 Å². The van der Waals surface area contributed by atoms with Gasteiger partial charge in [0.15, 0.2) is 0 Å². The molecular weight excluding hydrogens is 196 g/mol. The quantitative estimate of drug-likeness (QED) is 0.338. The summed E-state index contributed by atoms with van der Waals surface area (Å²) >= 11 is -5.12. The largest absolute Gasteiger partial charge is 1.00 e. The second-order valence-electron chi connectivity index (χ2n) is 0.513. The Bertz CT molecular complexity index is 57.4. The molecule has 8 heteroatoms. The van der Waals surface area contributed by atoms with E-state index in [1.165, 1.54) is 0 Å². The molecule has 0 fully saturated rings. The molecule has 0 aromatic carbocycles. The van der Waals surface area contributed by atoms with Crippen LogP contribution in [0.4, 0.5) is 0 Å². The van der Waals surface area contributed by atoms with Crippen molar-refractivity contribution >= 4 is 14.5 Å². The average molecular weight is 199 g/mol. The minimum Gasteiger partial charge on any atom is -1.00 e. The molecule has 0 unspecified atom stereocenters. The van der Waals surface area contributed by atoms with Crippen LogP contribution in [0.25, 0.3) is 0 Å². The van der Waals surface area contributed by atoms with Gasteiger partial charge in [0, 0.05) is 0 Å². The van der Waals surface area contributed by atoms with Gasteiger partial charge < -0.3 is 14.1 Å². The van der Waals surface area contributed by atoms with Crippen molar-refractivity contribution in [2.75, 3.05) is 0 Å². The molecule has 8 heavy (non-hydrogen) atoms. The third-order valence-corrected chi connectivity index (χ3v) is 0. The molecule has 3 N–H and O–H groups in total. The van der Waals surface area contributed by atoms with Crippen LogP contribution >= 0.6 is 0 Å². The molecule has 0 aliphatic rings. The summed E-state index contributed by atoms with van der Waals surface area (Å²) < 4.78 is 30.7. The number of hydrogen-bond donors (Lipinski definition) is 3. The molecule has 0 atom stereocenters. The zero-order valence-electron chi connectivity index (χ0n) is 3.33. The van der Waals surface area contributed by atoms with Crippen molar-refractivity contribution in [3.05, 3.63) is 0 Å². The van der Waals surface area contributed by atoms with E-state index in [0.29, 0.717) is 0 Å². The van der Waals surface area contributed by atoms with Gasteiger partial charge in [0.25, 0.3) is 0 Å². The van der Waals surface area contributed by atoms with E-state index in [4.69, 9.17) is 16.0 Å². The summed E-state index contributed by atoms with van der Waals surface area (Å²) in [5, 5.41) is 0. The average Bonchev–Trinajstić information content (AvgIpc) is 0.722. The van der Waals surface area contributed by atoms with E-state index in [2.05, 4.69) is 0 Å². The molecule has 56 valence electrons. The predicted molar refractivity (Wildman–Crippen MR) is 13.1 cm³/mol. The van der Waals surface area contributed by atoms with Crippen molar-refractivity contribution < 1.29 is 30.1 Å². The van der Waals surface area contributed by atoms with Crippen LogP contribution in [0.5, 0.6) is 0 Å². The van der Waals surface area contributed by atoms with Crippen molar-refractivity contribution in [3.8, 4) is 0 Å². The maximum absolute atomic E-state index is 8.94. The van der Waals surface area contributed by atoms with Gasteiger partial charge in [-0.3, -0.25) is 0 Å². The zero-order chi connectivity index (χ0) is 4.50. The second kappa shape index (κ2) is 7.03. The summed E-state index contributed by atoms with van der Waals surface area (Å²) in [6.07, 6.45) is 0. The molecule has 0 saturated heterocycles. The molecule has 0 spiro atoms. The van der Waals surface area contributed by atoms with E-state index in [-0.39, 0.29) is 14.1 Å². The summed E-state index contributed by atoms with van der Waals surface area (Å²) in [6.45, 7) is 0. The summed E-state index contributed by atoms with van der Waals surface area (Å²) in [6, 6.07) is 0. The minimum absolute atomic E-state index is 0. The normalized spacial score (nSPS) is 7.38. The Kier molecular flexibility index (Phi) is 21.5. The molecule has 0 aromatic rings. The van der Waals surface area contributed by atoms with Gasteiger partial charge in [-0.2, -0.15) is 0 Å². The van der Waals surface area contributed by atoms with Gasteiger partial charge >= 0.3 is 30.5 Å². The third-order valence-electron chi connectivity index (χ3n) is 0. The Hall–Kier alpha value is 0.0284. The van der Waals surface area contributed by atoms with Crippen LogP contribution in [-0.2, 0) is 3.74 Å². The fourth-order valence-electron chi connectivity index (χ4n) is 0. The molecule has 0 radical (unpaired) electrons. The van der Waals surface area contributed by atoms with Crippen molar-refractivity contribution in [3.63, 3.8) is 0 Å². The third kappa shape index (κ3) is 188000. The number of hydrogen-bond acceptors (Lipinski definition) is 1. The van der Waals surface area contributed by atoms with E-state index >= 15 is 0 Å². The van der Waals surface area contributed by atoms with Gasteiger partial charge in [-0.05, 0) is 0 Å². The second-order valence-corrected chi connectivity index (χ2v) is 2.67. The molecule has 0 aliphatic carbocycles. The Labute approximate surface area is 45.6 Å². The first-order chi connectivity index (χ1) is 2.00. The molecule has 0 rings (SSSR count). The van der Waals surface area contributed by atoms with Gasteiger partial charge in [0.05, 0.1) is 0 Å². The van der Waals surface area contributed by atoms with Crippen molar-refractivity contribution in [1.82, 2.24) is 0 Å². The molecule has 0 amide bonds. The first-order valence-electron chi connectivity index (χ1n) is 0.783. The summed E-state index contributed by atoms with van der Waals surface area (Å²) in [5.74, 6) is 0. The zero-order valence-corrected chi connectivity index (χ0v) is 5.21. The molecular formula is H3AsF3O4-3. The van der Waals surface area contributed by atoms with Crippen molar-refractivity contribution in [1.29, 1.82) is 0 Å². The van der Waals surface area contributed by atoms with Gasteiger partial charge in [-0.25, -0.2) is 0 Å². The van der Waals surface area contributed by atoms with E-state index in [9.17, 15) is 0 Å². The molecule has 0 heterocycles. The van der Waals surface area contributed by atoms with Crippen LogP contribution in [0, 0.1) is 0 Å². The maximum Gasteiger partial charge on any atom is -1.00 e. The minimum atomic E-state index is -5.12. The first-order valence-corrected chi connectivity index (χ1v) is 4.07. The molecule has 0 bridgehead atoms. The number of rotatable bonds is 0. The van der Waals surface area contributed by atoms with E-state index in [1.54, 1.807) is 0 Å².